The number of nitrogens with zero attached hydrogens (tertiary/aromatic N) is 2. The van der Waals surface area contributed by atoms with Gasteiger partial charge in [-0.3, -0.25) is 4.79 Å². The zero-order valence-electron chi connectivity index (χ0n) is 12.6. The monoisotopic (exact) mass is 286 g/mol. The lowest BCUT2D eigenvalue weighted by atomic mass is 10.2. The largest absolute Gasteiger partial charge is 0.354 e. The third-order valence-electron chi connectivity index (χ3n) is 4.06. The maximum atomic E-state index is 11.8. The Labute approximate surface area is 124 Å². The molecule has 0 atom stereocenters. The molecule has 1 heterocycles. The number of nitrogens with one attached hydrogen (secondary N) is 1. The number of hydrogen-bond acceptors (Lipinski definition) is 3. The first kappa shape index (κ1) is 14.1. The van der Waals surface area contributed by atoms with E-state index in [0.717, 1.165) is 29.7 Å². The molecule has 1 aliphatic carbocycles. The molecule has 112 valence electrons. The molecule has 1 aromatic carbocycles. The SMILES string of the molecule is CC(C)n1c(CCNC(=O)C2(N)CC2)nc2ccccc21. The van der Waals surface area contributed by atoms with Gasteiger partial charge in [0, 0.05) is 19.0 Å². The average Bonchev–Trinajstić information content (AvgIpc) is 3.09. The van der Waals surface area contributed by atoms with Gasteiger partial charge in [-0.1, -0.05) is 12.1 Å². The van der Waals surface area contributed by atoms with Gasteiger partial charge in [0.05, 0.1) is 16.6 Å². The molecule has 0 spiro atoms. The molecule has 5 heteroatoms. The quantitative estimate of drug-likeness (QED) is 0.879. The number of aromatic nitrogens is 2. The van der Waals surface area contributed by atoms with Crippen LogP contribution in [0.2, 0.25) is 0 Å². The molecule has 0 radical (unpaired) electrons. The molecule has 0 aliphatic heterocycles. The summed E-state index contributed by atoms with van der Waals surface area (Å²) in [6.45, 7) is 4.87. The van der Waals surface area contributed by atoms with E-state index in [4.69, 9.17) is 5.73 Å². The molecule has 2 aromatic rings. The predicted octanol–water partition coefficient (Wildman–Crippen LogP) is 1.77. The topological polar surface area (TPSA) is 72.9 Å². The van der Waals surface area contributed by atoms with Crippen LogP contribution in [0.5, 0.6) is 0 Å². The van der Waals surface area contributed by atoms with E-state index in [9.17, 15) is 4.79 Å². The molecular weight excluding hydrogens is 264 g/mol. The van der Waals surface area contributed by atoms with Crippen molar-refractivity contribution in [3.8, 4) is 0 Å². The van der Waals surface area contributed by atoms with Gasteiger partial charge in [-0.05, 0) is 38.8 Å². The van der Waals surface area contributed by atoms with E-state index in [2.05, 4.69) is 34.8 Å². The van der Waals surface area contributed by atoms with E-state index >= 15 is 0 Å². The highest BCUT2D eigenvalue weighted by Crippen LogP contribution is 2.32. The van der Waals surface area contributed by atoms with Crippen molar-refractivity contribution in [3.05, 3.63) is 30.1 Å². The molecule has 0 bridgehead atoms. The summed E-state index contributed by atoms with van der Waals surface area (Å²) >= 11 is 0. The van der Waals surface area contributed by atoms with Gasteiger partial charge in [0.1, 0.15) is 5.82 Å². The van der Waals surface area contributed by atoms with Gasteiger partial charge in [0.15, 0.2) is 0 Å². The first-order chi connectivity index (χ1) is 10.0. The van der Waals surface area contributed by atoms with Crippen LogP contribution in [0.3, 0.4) is 0 Å². The maximum absolute atomic E-state index is 11.8. The van der Waals surface area contributed by atoms with Gasteiger partial charge in [-0.15, -0.1) is 0 Å². The second-order valence-electron chi connectivity index (χ2n) is 6.14. The minimum atomic E-state index is -0.599. The van der Waals surface area contributed by atoms with E-state index in [1.165, 1.54) is 0 Å². The second kappa shape index (κ2) is 5.15. The molecule has 1 saturated carbocycles. The van der Waals surface area contributed by atoms with Gasteiger partial charge < -0.3 is 15.6 Å². The fraction of sp³-hybridized carbons (Fsp3) is 0.500. The Balaban J connectivity index is 1.74. The van der Waals surface area contributed by atoms with Crippen LogP contribution in [0, 0.1) is 0 Å². The summed E-state index contributed by atoms with van der Waals surface area (Å²) in [5.41, 5.74) is 7.43. The summed E-state index contributed by atoms with van der Waals surface area (Å²) in [7, 11) is 0. The van der Waals surface area contributed by atoms with E-state index in [1.807, 2.05) is 18.2 Å². The number of imidazole rings is 1. The zero-order valence-corrected chi connectivity index (χ0v) is 12.6. The molecule has 0 saturated heterocycles. The molecule has 21 heavy (non-hydrogen) atoms. The highest BCUT2D eigenvalue weighted by molar-refractivity contribution is 5.88. The first-order valence-corrected chi connectivity index (χ1v) is 7.54. The lowest BCUT2D eigenvalue weighted by Gasteiger charge is -2.14. The number of benzene rings is 1. The summed E-state index contributed by atoms with van der Waals surface area (Å²) in [6, 6.07) is 8.47. The Hall–Kier alpha value is -1.88. The Kier molecular flexibility index (Phi) is 3.45. The van der Waals surface area contributed by atoms with Gasteiger partial charge in [0.2, 0.25) is 5.91 Å². The van der Waals surface area contributed by atoms with Crippen LogP contribution < -0.4 is 11.1 Å². The molecular formula is C16H22N4O. The van der Waals surface area contributed by atoms with Crippen molar-refractivity contribution in [2.24, 2.45) is 5.73 Å². The van der Waals surface area contributed by atoms with Crippen molar-refractivity contribution in [1.29, 1.82) is 0 Å². The summed E-state index contributed by atoms with van der Waals surface area (Å²) in [5, 5.41) is 2.93. The number of amides is 1. The average molecular weight is 286 g/mol. The first-order valence-electron chi connectivity index (χ1n) is 7.54. The van der Waals surface area contributed by atoms with E-state index in [1.54, 1.807) is 0 Å². The van der Waals surface area contributed by atoms with Crippen molar-refractivity contribution in [2.75, 3.05) is 6.54 Å². The van der Waals surface area contributed by atoms with E-state index in [-0.39, 0.29) is 5.91 Å². The fourth-order valence-corrected chi connectivity index (χ4v) is 2.67. The normalized spacial score (nSPS) is 16.4. The number of hydrogen-bond donors (Lipinski definition) is 2. The molecule has 1 aromatic heterocycles. The molecule has 1 aliphatic rings. The van der Waals surface area contributed by atoms with Crippen LogP contribution in [0.4, 0.5) is 0 Å². The van der Waals surface area contributed by atoms with Crippen LogP contribution in [0.1, 0.15) is 38.6 Å². The lowest BCUT2D eigenvalue weighted by molar-refractivity contribution is -0.123. The number of para-hydroxylation sites is 2. The molecule has 3 N–H and O–H groups in total. The minimum absolute atomic E-state index is 0.0327. The molecule has 1 fully saturated rings. The summed E-state index contributed by atoms with van der Waals surface area (Å²) < 4.78 is 2.23. The third kappa shape index (κ3) is 2.65. The minimum Gasteiger partial charge on any atom is -0.354 e. The summed E-state index contributed by atoms with van der Waals surface area (Å²) in [5.74, 6) is 0.975. The molecule has 5 nitrogen and oxygen atoms in total. The van der Waals surface area contributed by atoms with Crippen LogP contribution >= 0.6 is 0 Å². The Morgan fingerprint density at radius 1 is 1.43 bits per heavy atom. The van der Waals surface area contributed by atoms with E-state index < -0.39 is 5.54 Å². The zero-order chi connectivity index (χ0) is 15.0. The second-order valence-corrected chi connectivity index (χ2v) is 6.14. The fourth-order valence-electron chi connectivity index (χ4n) is 2.67. The Morgan fingerprint density at radius 3 is 2.81 bits per heavy atom. The van der Waals surface area contributed by atoms with Crippen molar-refractivity contribution in [1.82, 2.24) is 14.9 Å². The smallest absolute Gasteiger partial charge is 0.240 e. The van der Waals surface area contributed by atoms with Crippen molar-refractivity contribution < 1.29 is 4.79 Å². The standard InChI is InChI=1S/C16H22N4O/c1-11(2)20-13-6-4-3-5-12(13)19-14(20)7-10-18-15(21)16(17)8-9-16/h3-6,11H,7-10,17H2,1-2H3,(H,18,21). The molecule has 1 amide bonds. The molecule has 0 unspecified atom stereocenters. The van der Waals surface area contributed by atoms with Crippen LogP contribution in [0.25, 0.3) is 11.0 Å². The number of nitrogens with two attached hydrogens (primary N) is 1. The third-order valence-corrected chi connectivity index (χ3v) is 4.06. The highest BCUT2D eigenvalue weighted by Gasteiger charge is 2.45. The van der Waals surface area contributed by atoms with Gasteiger partial charge in [-0.25, -0.2) is 4.98 Å². The van der Waals surface area contributed by atoms with E-state index in [0.29, 0.717) is 19.0 Å². The number of carbonyl (C=O) groups is 1. The summed E-state index contributed by atoms with van der Waals surface area (Å²) in [4.78, 5) is 16.5. The highest BCUT2D eigenvalue weighted by atomic mass is 16.2. The van der Waals surface area contributed by atoms with Crippen molar-refractivity contribution in [3.63, 3.8) is 0 Å². The van der Waals surface area contributed by atoms with Crippen molar-refractivity contribution in [2.45, 2.75) is 44.7 Å². The van der Waals surface area contributed by atoms with Gasteiger partial charge >= 0.3 is 0 Å². The number of fused-ring (bicyclic) bond motifs is 1. The van der Waals surface area contributed by atoms with Gasteiger partial charge in [0.25, 0.3) is 0 Å². The number of carbonyl (C=O) groups excluding carboxylic acids is 1. The predicted molar refractivity (Wildman–Crippen MR) is 83.0 cm³/mol. The maximum Gasteiger partial charge on any atom is 0.240 e. The van der Waals surface area contributed by atoms with Crippen molar-refractivity contribution >= 4 is 16.9 Å². The van der Waals surface area contributed by atoms with Crippen LogP contribution in [-0.4, -0.2) is 27.5 Å². The summed E-state index contributed by atoms with van der Waals surface area (Å²) in [6.07, 6.45) is 2.31. The van der Waals surface area contributed by atoms with Crippen LogP contribution in [0.15, 0.2) is 24.3 Å². The Bertz CT molecular complexity index is 670. The molecule has 3 rings (SSSR count). The number of rotatable bonds is 5. The Morgan fingerprint density at radius 2 is 2.14 bits per heavy atom. The van der Waals surface area contributed by atoms with Crippen LogP contribution in [-0.2, 0) is 11.2 Å². The van der Waals surface area contributed by atoms with Gasteiger partial charge in [-0.2, -0.15) is 0 Å². The lowest BCUT2D eigenvalue weighted by Crippen LogP contribution is -2.43.